The number of aliphatic imine (C=N–C) groups is 1. The van der Waals surface area contributed by atoms with Crippen molar-refractivity contribution in [2.24, 2.45) is 16.6 Å². The third-order valence-electron chi connectivity index (χ3n) is 4.88. The minimum Gasteiger partial charge on any atom is -0.376 e. The molecular weight excluding hydrogens is 238 g/mol. The average Bonchev–Trinajstić information content (AvgIpc) is 3.02. The first-order valence-electron chi connectivity index (χ1n) is 7.80. The molecule has 0 aromatic rings. The third kappa shape index (κ3) is 3.04. The van der Waals surface area contributed by atoms with Crippen LogP contribution in [-0.4, -0.2) is 42.2 Å². The second-order valence-electron chi connectivity index (χ2n) is 6.22. The monoisotopic (exact) mass is 267 g/mol. The molecule has 2 aliphatic rings. The van der Waals surface area contributed by atoms with Gasteiger partial charge in [0, 0.05) is 13.2 Å². The molecule has 4 heteroatoms. The van der Waals surface area contributed by atoms with Crippen molar-refractivity contribution in [1.29, 1.82) is 0 Å². The first-order chi connectivity index (χ1) is 9.11. The molecule has 2 aliphatic heterocycles. The van der Waals surface area contributed by atoms with E-state index in [0.717, 1.165) is 38.5 Å². The summed E-state index contributed by atoms with van der Waals surface area (Å²) in [6.45, 7) is 9.53. The van der Waals surface area contributed by atoms with Crippen molar-refractivity contribution in [3.8, 4) is 0 Å². The molecule has 0 aromatic heterocycles. The van der Waals surface area contributed by atoms with Gasteiger partial charge < -0.3 is 15.4 Å². The minimum atomic E-state index is 0.130. The number of nitrogens with two attached hydrogens (primary N) is 1. The zero-order valence-corrected chi connectivity index (χ0v) is 12.7. The molecular formula is C15H29N3O. The lowest BCUT2D eigenvalue weighted by molar-refractivity contribution is 0.0564. The minimum absolute atomic E-state index is 0.130. The van der Waals surface area contributed by atoms with Crippen LogP contribution >= 0.6 is 0 Å². The average molecular weight is 267 g/mol. The molecule has 0 bridgehead atoms. The maximum atomic E-state index is 6.15. The van der Waals surface area contributed by atoms with Gasteiger partial charge in [-0.1, -0.05) is 27.2 Å². The summed E-state index contributed by atoms with van der Waals surface area (Å²) in [4.78, 5) is 6.88. The fourth-order valence-electron chi connectivity index (χ4n) is 3.34. The fourth-order valence-corrected chi connectivity index (χ4v) is 3.34. The van der Waals surface area contributed by atoms with Gasteiger partial charge in [-0.25, -0.2) is 0 Å². The van der Waals surface area contributed by atoms with E-state index < -0.39 is 0 Å². The Labute approximate surface area is 117 Å². The van der Waals surface area contributed by atoms with Crippen LogP contribution in [0.5, 0.6) is 0 Å². The van der Waals surface area contributed by atoms with Crippen LogP contribution in [-0.2, 0) is 4.74 Å². The summed E-state index contributed by atoms with van der Waals surface area (Å²) < 4.78 is 5.78. The standard InChI is InChI=1S/C15H29N3O/c1-4-12(3)9-15(5-2)11-17-14(16)18(15)10-13-7-6-8-19-13/h12-13H,4-11H2,1-3H3,(H2,16,17). The molecule has 0 spiro atoms. The summed E-state index contributed by atoms with van der Waals surface area (Å²) in [5, 5.41) is 0. The number of hydrogen-bond donors (Lipinski definition) is 1. The van der Waals surface area contributed by atoms with Crippen molar-refractivity contribution in [3.63, 3.8) is 0 Å². The molecule has 1 fully saturated rings. The first kappa shape index (κ1) is 14.6. The number of hydrogen-bond acceptors (Lipinski definition) is 4. The molecule has 2 N–H and O–H groups in total. The van der Waals surface area contributed by atoms with Crippen molar-refractivity contribution in [2.75, 3.05) is 19.7 Å². The molecule has 19 heavy (non-hydrogen) atoms. The number of ether oxygens (including phenoxy) is 1. The molecule has 3 unspecified atom stereocenters. The molecule has 0 aliphatic carbocycles. The highest BCUT2D eigenvalue weighted by Crippen LogP contribution is 2.34. The highest BCUT2D eigenvalue weighted by atomic mass is 16.5. The molecule has 2 heterocycles. The molecule has 110 valence electrons. The van der Waals surface area contributed by atoms with Gasteiger partial charge in [0.2, 0.25) is 0 Å². The van der Waals surface area contributed by atoms with Crippen LogP contribution in [0.25, 0.3) is 0 Å². The van der Waals surface area contributed by atoms with E-state index in [1.165, 1.54) is 19.3 Å². The summed E-state index contributed by atoms with van der Waals surface area (Å²) in [6, 6.07) is 0. The van der Waals surface area contributed by atoms with Crippen molar-refractivity contribution in [3.05, 3.63) is 0 Å². The van der Waals surface area contributed by atoms with Crippen LogP contribution in [0.2, 0.25) is 0 Å². The highest BCUT2D eigenvalue weighted by molar-refractivity contribution is 5.81. The van der Waals surface area contributed by atoms with E-state index in [2.05, 4.69) is 30.7 Å². The highest BCUT2D eigenvalue weighted by Gasteiger charge is 2.42. The number of nitrogens with zero attached hydrogens (tertiary/aromatic N) is 2. The molecule has 0 saturated carbocycles. The Kier molecular flexibility index (Phi) is 4.71. The lowest BCUT2D eigenvalue weighted by atomic mass is 9.83. The van der Waals surface area contributed by atoms with Crippen LogP contribution in [0, 0.1) is 5.92 Å². The fraction of sp³-hybridized carbons (Fsp3) is 0.933. The van der Waals surface area contributed by atoms with Gasteiger partial charge in [0.1, 0.15) is 0 Å². The zero-order valence-electron chi connectivity index (χ0n) is 12.7. The summed E-state index contributed by atoms with van der Waals surface area (Å²) in [6.07, 6.45) is 6.18. The molecule has 3 atom stereocenters. The van der Waals surface area contributed by atoms with Gasteiger partial charge in [-0.2, -0.15) is 0 Å². The van der Waals surface area contributed by atoms with Gasteiger partial charge in [-0.3, -0.25) is 4.99 Å². The number of guanidine groups is 1. The predicted octanol–water partition coefficient (Wildman–Crippen LogP) is 2.38. The molecule has 1 saturated heterocycles. The van der Waals surface area contributed by atoms with Crippen molar-refractivity contribution in [2.45, 2.75) is 64.5 Å². The number of rotatable bonds is 6. The lowest BCUT2D eigenvalue weighted by Crippen LogP contribution is -2.54. The Balaban J connectivity index is 2.07. The van der Waals surface area contributed by atoms with Crippen LogP contribution in [0.1, 0.15) is 52.9 Å². The summed E-state index contributed by atoms with van der Waals surface area (Å²) in [5.74, 6) is 1.44. The molecule has 0 radical (unpaired) electrons. The summed E-state index contributed by atoms with van der Waals surface area (Å²) in [5.41, 5.74) is 6.28. The van der Waals surface area contributed by atoms with Gasteiger partial charge in [0.25, 0.3) is 0 Å². The van der Waals surface area contributed by atoms with E-state index in [-0.39, 0.29) is 5.54 Å². The molecule has 4 nitrogen and oxygen atoms in total. The Bertz CT molecular complexity index is 325. The maximum Gasteiger partial charge on any atom is 0.191 e. The molecule has 0 aromatic carbocycles. The maximum absolute atomic E-state index is 6.15. The Hall–Kier alpha value is -0.770. The van der Waals surface area contributed by atoms with Gasteiger partial charge >= 0.3 is 0 Å². The van der Waals surface area contributed by atoms with Crippen molar-refractivity contribution >= 4 is 5.96 Å². The van der Waals surface area contributed by atoms with E-state index in [4.69, 9.17) is 10.5 Å². The van der Waals surface area contributed by atoms with Crippen LogP contribution in [0.3, 0.4) is 0 Å². The van der Waals surface area contributed by atoms with Crippen LogP contribution in [0.15, 0.2) is 4.99 Å². The largest absolute Gasteiger partial charge is 0.376 e. The van der Waals surface area contributed by atoms with E-state index in [9.17, 15) is 0 Å². The summed E-state index contributed by atoms with van der Waals surface area (Å²) in [7, 11) is 0. The second kappa shape index (κ2) is 6.12. The van der Waals surface area contributed by atoms with E-state index in [1.807, 2.05) is 0 Å². The Morgan fingerprint density at radius 1 is 1.53 bits per heavy atom. The Morgan fingerprint density at radius 2 is 2.32 bits per heavy atom. The summed E-state index contributed by atoms with van der Waals surface area (Å²) >= 11 is 0. The van der Waals surface area contributed by atoms with Gasteiger partial charge in [0.05, 0.1) is 18.2 Å². The first-order valence-corrected chi connectivity index (χ1v) is 7.80. The quantitative estimate of drug-likeness (QED) is 0.804. The predicted molar refractivity (Wildman–Crippen MR) is 79.3 cm³/mol. The van der Waals surface area contributed by atoms with E-state index >= 15 is 0 Å². The topological polar surface area (TPSA) is 50.8 Å². The van der Waals surface area contributed by atoms with Crippen molar-refractivity contribution in [1.82, 2.24) is 4.90 Å². The van der Waals surface area contributed by atoms with E-state index in [0.29, 0.717) is 12.0 Å². The lowest BCUT2D eigenvalue weighted by Gasteiger charge is -2.41. The Morgan fingerprint density at radius 3 is 2.89 bits per heavy atom. The van der Waals surface area contributed by atoms with Gasteiger partial charge in [-0.15, -0.1) is 0 Å². The van der Waals surface area contributed by atoms with E-state index in [1.54, 1.807) is 0 Å². The van der Waals surface area contributed by atoms with Gasteiger partial charge in [-0.05, 0) is 31.6 Å². The van der Waals surface area contributed by atoms with Crippen LogP contribution < -0.4 is 5.73 Å². The van der Waals surface area contributed by atoms with Gasteiger partial charge in [0.15, 0.2) is 5.96 Å². The third-order valence-corrected chi connectivity index (χ3v) is 4.88. The van der Waals surface area contributed by atoms with Crippen molar-refractivity contribution < 1.29 is 4.74 Å². The normalized spacial score (nSPS) is 32.7. The second-order valence-corrected chi connectivity index (χ2v) is 6.22. The van der Waals surface area contributed by atoms with Crippen LogP contribution in [0.4, 0.5) is 0 Å². The molecule has 0 amide bonds. The molecule has 2 rings (SSSR count). The zero-order chi connectivity index (χ0) is 13.9. The smallest absolute Gasteiger partial charge is 0.191 e. The SMILES string of the molecule is CCC(C)CC1(CC)CN=C(N)N1CC1CCCO1.